The van der Waals surface area contributed by atoms with E-state index < -0.39 is 0 Å². The number of aryl methyl sites for hydroxylation is 1. The summed E-state index contributed by atoms with van der Waals surface area (Å²) in [6, 6.07) is 15.6. The minimum atomic E-state index is -0.262. The van der Waals surface area contributed by atoms with E-state index in [1.165, 1.54) is 18.4 Å². The number of fused-ring (bicyclic) bond motifs is 1. The molecule has 29 heavy (non-hydrogen) atoms. The van der Waals surface area contributed by atoms with Crippen LogP contribution in [-0.2, 0) is 11.3 Å². The van der Waals surface area contributed by atoms with Crippen LogP contribution in [-0.4, -0.2) is 47.8 Å². The number of amides is 2. The Hall–Kier alpha value is -2.66. The predicted molar refractivity (Wildman–Crippen MR) is 114 cm³/mol. The third-order valence-electron chi connectivity index (χ3n) is 6.02. The van der Waals surface area contributed by atoms with Crippen LogP contribution < -0.4 is 5.32 Å². The molecule has 2 heterocycles. The molecule has 0 radical (unpaired) electrons. The van der Waals surface area contributed by atoms with Gasteiger partial charge < -0.3 is 15.1 Å². The third-order valence-corrected chi connectivity index (χ3v) is 6.02. The molecule has 2 aliphatic rings. The molecule has 2 aliphatic heterocycles. The summed E-state index contributed by atoms with van der Waals surface area (Å²) in [6.07, 6.45) is 2.78. The van der Waals surface area contributed by atoms with Gasteiger partial charge in [-0.15, -0.1) is 0 Å². The maximum atomic E-state index is 13.0. The van der Waals surface area contributed by atoms with Gasteiger partial charge in [-0.1, -0.05) is 48.0 Å². The minimum absolute atomic E-state index is 0.00136. The van der Waals surface area contributed by atoms with Crippen molar-refractivity contribution in [1.82, 2.24) is 15.1 Å². The van der Waals surface area contributed by atoms with Gasteiger partial charge in [0.2, 0.25) is 5.91 Å². The smallest absolute Gasteiger partial charge is 0.255 e. The number of nitrogens with zero attached hydrogens (tertiary/aromatic N) is 2. The Morgan fingerprint density at radius 2 is 1.79 bits per heavy atom. The molecular formula is C24H29N3O2. The summed E-state index contributed by atoms with van der Waals surface area (Å²) in [5, 5.41) is 3.06. The summed E-state index contributed by atoms with van der Waals surface area (Å²) in [6.45, 7) is 6.41. The van der Waals surface area contributed by atoms with Crippen molar-refractivity contribution in [2.24, 2.45) is 0 Å². The molecule has 152 valence electrons. The predicted octanol–water partition coefficient (Wildman–Crippen LogP) is 3.29. The van der Waals surface area contributed by atoms with Crippen molar-refractivity contribution in [3.63, 3.8) is 0 Å². The van der Waals surface area contributed by atoms with Crippen LogP contribution in [0.3, 0.4) is 0 Å². The lowest BCUT2D eigenvalue weighted by Crippen LogP contribution is -2.37. The highest BCUT2D eigenvalue weighted by molar-refractivity contribution is 5.98. The SMILES string of the molecule is Cc1ccc([C@H](CC(=O)NCCN2CCCC2)N2Cc3ccccc3C2=O)cc1. The highest BCUT2D eigenvalue weighted by Crippen LogP contribution is 2.33. The average molecular weight is 392 g/mol. The molecule has 5 heteroatoms. The molecule has 2 amide bonds. The van der Waals surface area contributed by atoms with E-state index in [-0.39, 0.29) is 24.3 Å². The molecule has 0 bridgehead atoms. The van der Waals surface area contributed by atoms with E-state index in [0.29, 0.717) is 13.1 Å². The highest BCUT2D eigenvalue weighted by atomic mass is 16.2. The van der Waals surface area contributed by atoms with Gasteiger partial charge in [-0.25, -0.2) is 0 Å². The first-order valence-corrected chi connectivity index (χ1v) is 10.6. The van der Waals surface area contributed by atoms with Crippen LogP contribution in [0.2, 0.25) is 0 Å². The Kier molecular flexibility index (Phi) is 5.95. The molecule has 2 aromatic rings. The van der Waals surface area contributed by atoms with Crippen LogP contribution in [0.1, 0.15) is 52.4 Å². The number of hydrogen-bond acceptors (Lipinski definition) is 3. The number of likely N-dealkylation sites (tertiary alicyclic amines) is 1. The lowest BCUT2D eigenvalue weighted by Gasteiger charge is -2.28. The number of carbonyl (C=O) groups is 2. The van der Waals surface area contributed by atoms with Gasteiger partial charge in [0.25, 0.3) is 5.91 Å². The van der Waals surface area contributed by atoms with E-state index in [1.807, 2.05) is 60.4 Å². The Morgan fingerprint density at radius 1 is 1.07 bits per heavy atom. The lowest BCUT2D eigenvalue weighted by molar-refractivity contribution is -0.122. The third kappa shape index (κ3) is 4.51. The molecule has 5 nitrogen and oxygen atoms in total. The lowest BCUT2D eigenvalue weighted by atomic mass is 10.0. The first kappa shape index (κ1) is 19.6. The second kappa shape index (κ2) is 8.78. The number of carbonyl (C=O) groups excluding carboxylic acids is 2. The van der Waals surface area contributed by atoms with E-state index in [9.17, 15) is 9.59 Å². The number of rotatable bonds is 7. The number of hydrogen-bond donors (Lipinski definition) is 1. The molecule has 0 aliphatic carbocycles. The van der Waals surface area contributed by atoms with E-state index in [2.05, 4.69) is 10.2 Å². The summed E-state index contributed by atoms with van der Waals surface area (Å²) >= 11 is 0. The molecule has 1 atom stereocenters. The van der Waals surface area contributed by atoms with Crippen molar-refractivity contribution in [2.75, 3.05) is 26.2 Å². The Bertz CT molecular complexity index is 872. The molecule has 1 N–H and O–H groups in total. The van der Waals surface area contributed by atoms with Gasteiger partial charge >= 0.3 is 0 Å². The molecule has 4 rings (SSSR count). The summed E-state index contributed by atoms with van der Waals surface area (Å²) in [7, 11) is 0. The zero-order valence-corrected chi connectivity index (χ0v) is 17.1. The fraction of sp³-hybridized carbons (Fsp3) is 0.417. The fourth-order valence-corrected chi connectivity index (χ4v) is 4.33. The zero-order valence-electron chi connectivity index (χ0n) is 17.1. The Balaban J connectivity index is 1.46. The molecule has 0 spiro atoms. The second-order valence-electron chi connectivity index (χ2n) is 8.12. The quantitative estimate of drug-likeness (QED) is 0.788. The van der Waals surface area contributed by atoms with Gasteiger partial charge in [0.1, 0.15) is 0 Å². The van der Waals surface area contributed by atoms with Crippen molar-refractivity contribution in [2.45, 2.75) is 38.8 Å². The van der Waals surface area contributed by atoms with Crippen LogP contribution in [0.5, 0.6) is 0 Å². The first-order chi connectivity index (χ1) is 14.1. The largest absolute Gasteiger partial charge is 0.355 e. The zero-order chi connectivity index (χ0) is 20.2. The maximum absolute atomic E-state index is 13.0. The monoisotopic (exact) mass is 391 g/mol. The van der Waals surface area contributed by atoms with Gasteiger partial charge in [-0.05, 0) is 50.0 Å². The van der Waals surface area contributed by atoms with Gasteiger partial charge in [0, 0.05) is 25.2 Å². The number of benzene rings is 2. The van der Waals surface area contributed by atoms with Gasteiger partial charge in [0.05, 0.1) is 12.5 Å². The van der Waals surface area contributed by atoms with Crippen LogP contribution >= 0.6 is 0 Å². The van der Waals surface area contributed by atoms with Crippen LogP contribution in [0.25, 0.3) is 0 Å². The molecule has 1 saturated heterocycles. The Labute approximate surface area is 172 Å². The summed E-state index contributed by atoms with van der Waals surface area (Å²) in [5.74, 6) is 0.00886. The van der Waals surface area contributed by atoms with E-state index in [1.54, 1.807) is 0 Å². The summed E-state index contributed by atoms with van der Waals surface area (Å²) < 4.78 is 0. The van der Waals surface area contributed by atoms with Gasteiger partial charge in [-0.3, -0.25) is 9.59 Å². The average Bonchev–Trinajstić information content (AvgIpc) is 3.35. The van der Waals surface area contributed by atoms with Crippen molar-refractivity contribution in [3.05, 3.63) is 70.8 Å². The minimum Gasteiger partial charge on any atom is -0.355 e. The molecular weight excluding hydrogens is 362 g/mol. The van der Waals surface area contributed by atoms with Gasteiger partial charge in [0.15, 0.2) is 0 Å². The maximum Gasteiger partial charge on any atom is 0.255 e. The van der Waals surface area contributed by atoms with E-state index >= 15 is 0 Å². The summed E-state index contributed by atoms with van der Waals surface area (Å²) in [4.78, 5) is 30.0. The van der Waals surface area contributed by atoms with E-state index in [4.69, 9.17) is 0 Å². The standard InChI is InChI=1S/C24H29N3O2/c1-18-8-10-19(11-9-18)22(16-23(28)25-12-15-26-13-4-5-14-26)27-17-20-6-2-3-7-21(20)24(27)29/h2-3,6-11,22H,4-5,12-17H2,1H3,(H,25,28)/t22-/m0/s1. The van der Waals surface area contributed by atoms with Crippen molar-refractivity contribution >= 4 is 11.8 Å². The van der Waals surface area contributed by atoms with Gasteiger partial charge in [-0.2, -0.15) is 0 Å². The Morgan fingerprint density at radius 3 is 2.52 bits per heavy atom. The summed E-state index contributed by atoms with van der Waals surface area (Å²) in [5.41, 5.74) is 3.95. The highest BCUT2D eigenvalue weighted by Gasteiger charge is 2.34. The van der Waals surface area contributed by atoms with Crippen molar-refractivity contribution < 1.29 is 9.59 Å². The van der Waals surface area contributed by atoms with Crippen LogP contribution in [0.4, 0.5) is 0 Å². The molecule has 0 unspecified atom stereocenters. The van der Waals surface area contributed by atoms with Crippen molar-refractivity contribution in [1.29, 1.82) is 0 Å². The normalized spacial score (nSPS) is 17.4. The fourth-order valence-electron chi connectivity index (χ4n) is 4.33. The first-order valence-electron chi connectivity index (χ1n) is 10.6. The second-order valence-corrected chi connectivity index (χ2v) is 8.12. The van der Waals surface area contributed by atoms with Crippen LogP contribution in [0, 0.1) is 6.92 Å². The number of nitrogens with one attached hydrogen (secondary N) is 1. The van der Waals surface area contributed by atoms with Crippen molar-refractivity contribution in [3.8, 4) is 0 Å². The van der Waals surface area contributed by atoms with E-state index in [0.717, 1.165) is 36.3 Å². The topological polar surface area (TPSA) is 52.7 Å². The molecule has 2 aromatic carbocycles. The molecule has 0 saturated carbocycles. The van der Waals surface area contributed by atoms with Crippen LogP contribution in [0.15, 0.2) is 48.5 Å². The molecule has 0 aromatic heterocycles. The molecule has 1 fully saturated rings.